The highest BCUT2D eigenvalue weighted by Crippen LogP contribution is 2.62. The van der Waals surface area contributed by atoms with E-state index in [0.29, 0.717) is 30.4 Å². The Labute approximate surface area is 199 Å². The lowest BCUT2D eigenvalue weighted by Crippen LogP contribution is -2.53. The monoisotopic (exact) mass is 465 g/mol. The van der Waals surface area contributed by atoms with E-state index in [1.165, 1.54) is 13.3 Å². The van der Waals surface area contributed by atoms with Crippen LogP contribution in [0, 0.1) is 16.7 Å². The highest BCUT2D eigenvalue weighted by Gasteiger charge is 2.61. The van der Waals surface area contributed by atoms with E-state index in [1.54, 1.807) is 0 Å². The van der Waals surface area contributed by atoms with Crippen molar-refractivity contribution >= 4 is 17.4 Å². The number of methoxy groups -OCH3 is 1. The molecule has 1 heterocycles. The van der Waals surface area contributed by atoms with Gasteiger partial charge in [0, 0.05) is 35.6 Å². The number of para-hydroxylation sites is 1. The van der Waals surface area contributed by atoms with Gasteiger partial charge in [0.05, 0.1) is 23.7 Å². The second-order valence-electron chi connectivity index (χ2n) is 10.2. The molecule has 0 unspecified atom stereocenters. The van der Waals surface area contributed by atoms with Crippen LogP contribution in [0.15, 0.2) is 64.6 Å². The second-order valence-corrected chi connectivity index (χ2v) is 10.2. The number of esters is 1. The highest BCUT2D eigenvalue weighted by atomic mass is 16.6. The van der Waals surface area contributed by atoms with Crippen LogP contribution < -0.4 is 5.32 Å². The Hall–Kier alpha value is -2.90. The van der Waals surface area contributed by atoms with Crippen molar-refractivity contribution in [2.24, 2.45) is 16.7 Å². The number of aliphatic hydroxyl groups excluding tert-OH is 2. The molecule has 7 nitrogen and oxygen atoms in total. The van der Waals surface area contributed by atoms with Crippen LogP contribution in [0.5, 0.6) is 0 Å². The quantitative estimate of drug-likeness (QED) is 0.459. The predicted octanol–water partition coefficient (Wildman–Crippen LogP) is 3.82. The standard InChI is InChI=1S/C27H31NO6/c1-26-12-11-18-21(17(26)9-10-19(26)29)23(30)24(31)22-16(13-28-15-7-5-4-6-8-15)25(32)34-20(14-33-3)27(18,22)2/h4-8,13,17,19-20,28-29,31H,9-12,14H2,1-3H3/b16-13+/t17-,19-,20+,26-,27-/m0/s1. The summed E-state index contributed by atoms with van der Waals surface area (Å²) in [6.07, 6.45) is 2.96. The van der Waals surface area contributed by atoms with E-state index in [0.717, 1.165) is 17.7 Å². The molecule has 4 aliphatic rings. The lowest BCUT2D eigenvalue weighted by molar-refractivity contribution is -0.156. The van der Waals surface area contributed by atoms with Crippen LogP contribution in [-0.2, 0) is 19.1 Å². The minimum atomic E-state index is -0.920. The Kier molecular flexibility index (Phi) is 5.45. The number of carbonyl (C=O) groups excluding carboxylic acids is 2. The summed E-state index contributed by atoms with van der Waals surface area (Å²) in [4.78, 5) is 26.8. The molecule has 1 saturated carbocycles. The number of benzene rings is 1. The first-order chi connectivity index (χ1) is 16.2. The molecular weight excluding hydrogens is 434 g/mol. The van der Waals surface area contributed by atoms with Crippen molar-refractivity contribution in [3.8, 4) is 0 Å². The minimum absolute atomic E-state index is 0.133. The van der Waals surface area contributed by atoms with E-state index in [2.05, 4.69) is 5.32 Å². The van der Waals surface area contributed by atoms with E-state index in [4.69, 9.17) is 9.47 Å². The summed E-state index contributed by atoms with van der Waals surface area (Å²) in [5.41, 5.74) is 1.34. The van der Waals surface area contributed by atoms with Crippen LogP contribution in [-0.4, -0.2) is 47.9 Å². The number of ketones is 1. The predicted molar refractivity (Wildman–Crippen MR) is 126 cm³/mol. The van der Waals surface area contributed by atoms with Gasteiger partial charge in [0.15, 0.2) is 5.76 Å². The molecule has 3 N–H and O–H groups in total. The molecular formula is C27H31NO6. The SMILES string of the molecule is COC[C@H]1OC(=O)/C(=C/Nc2ccccc2)C2=C(O)C(=O)C3=C(CC[C@]4(C)[C@@H](O)CC[C@@H]34)[C@]21C. The molecule has 7 heteroatoms. The van der Waals surface area contributed by atoms with Gasteiger partial charge in [-0.15, -0.1) is 0 Å². The molecule has 180 valence electrons. The topological polar surface area (TPSA) is 105 Å². The van der Waals surface area contributed by atoms with Crippen LogP contribution in [0.4, 0.5) is 5.69 Å². The molecule has 0 aromatic heterocycles. The number of nitrogens with one attached hydrogen (secondary N) is 1. The number of carbonyl (C=O) groups is 2. The molecule has 1 aliphatic heterocycles. The number of anilines is 1. The molecule has 5 atom stereocenters. The van der Waals surface area contributed by atoms with Crippen molar-refractivity contribution in [3.63, 3.8) is 0 Å². The van der Waals surface area contributed by atoms with Crippen molar-refractivity contribution in [1.82, 2.24) is 0 Å². The van der Waals surface area contributed by atoms with E-state index in [1.807, 2.05) is 44.2 Å². The van der Waals surface area contributed by atoms with Crippen LogP contribution in [0.3, 0.4) is 0 Å². The third kappa shape index (κ3) is 3.10. The van der Waals surface area contributed by atoms with Crippen molar-refractivity contribution in [2.75, 3.05) is 19.0 Å². The Morgan fingerprint density at radius 3 is 2.65 bits per heavy atom. The second kappa shape index (κ2) is 8.10. The summed E-state index contributed by atoms with van der Waals surface area (Å²) in [5, 5.41) is 25.1. The van der Waals surface area contributed by atoms with E-state index in [-0.39, 0.29) is 18.1 Å². The van der Waals surface area contributed by atoms with Gasteiger partial charge in [0.25, 0.3) is 0 Å². The van der Waals surface area contributed by atoms with Gasteiger partial charge in [-0.05, 0) is 56.2 Å². The molecule has 5 rings (SSSR count). The fourth-order valence-corrected chi connectivity index (χ4v) is 6.59. The molecule has 2 fully saturated rings. The number of fused-ring (bicyclic) bond motifs is 4. The van der Waals surface area contributed by atoms with E-state index >= 15 is 0 Å². The first kappa shape index (κ1) is 22.9. The number of rotatable bonds is 4. The number of allylic oxidation sites excluding steroid dienone is 1. The van der Waals surface area contributed by atoms with Crippen molar-refractivity contribution in [2.45, 2.75) is 51.7 Å². The van der Waals surface area contributed by atoms with Crippen LogP contribution in [0.25, 0.3) is 0 Å². The van der Waals surface area contributed by atoms with Gasteiger partial charge in [0.1, 0.15) is 6.10 Å². The number of cyclic esters (lactones) is 1. The van der Waals surface area contributed by atoms with Crippen molar-refractivity contribution < 1.29 is 29.3 Å². The zero-order valence-corrected chi connectivity index (χ0v) is 19.8. The Morgan fingerprint density at radius 2 is 1.94 bits per heavy atom. The van der Waals surface area contributed by atoms with Gasteiger partial charge in [-0.25, -0.2) is 4.79 Å². The molecule has 0 radical (unpaired) electrons. The summed E-state index contributed by atoms with van der Waals surface area (Å²) in [6.45, 7) is 4.10. The van der Waals surface area contributed by atoms with Crippen LogP contribution in [0.2, 0.25) is 0 Å². The third-order valence-electron chi connectivity index (χ3n) is 8.57. The third-order valence-corrected chi connectivity index (χ3v) is 8.57. The fraction of sp³-hybridized carbons (Fsp3) is 0.481. The zero-order chi connectivity index (χ0) is 24.3. The van der Waals surface area contributed by atoms with Crippen molar-refractivity contribution in [1.29, 1.82) is 0 Å². The summed E-state index contributed by atoms with van der Waals surface area (Å²) >= 11 is 0. The number of aliphatic hydroxyl groups is 2. The molecule has 3 aliphatic carbocycles. The van der Waals surface area contributed by atoms with Gasteiger partial charge >= 0.3 is 5.97 Å². The Balaban J connectivity index is 1.66. The number of hydrogen-bond donors (Lipinski definition) is 3. The average Bonchev–Trinajstić information content (AvgIpc) is 3.13. The van der Waals surface area contributed by atoms with Gasteiger partial charge in [-0.3, -0.25) is 4.79 Å². The van der Waals surface area contributed by atoms with Crippen LogP contribution in [0.1, 0.15) is 39.5 Å². The van der Waals surface area contributed by atoms with Gasteiger partial charge < -0.3 is 25.0 Å². The van der Waals surface area contributed by atoms with E-state index < -0.39 is 40.5 Å². The first-order valence-corrected chi connectivity index (χ1v) is 11.9. The minimum Gasteiger partial charge on any atom is -0.504 e. The van der Waals surface area contributed by atoms with E-state index in [9.17, 15) is 19.8 Å². The molecule has 0 spiro atoms. The van der Waals surface area contributed by atoms with Gasteiger partial charge in [-0.1, -0.05) is 25.1 Å². The highest BCUT2D eigenvalue weighted by molar-refractivity contribution is 6.13. The van der Waals surface area contributed by atoms with Crippen LogP contribution >= 0.6 is 0 Å². The Bertz CT molecular complexity index is 1140. The maximum absolute atomic E-state index is 13.7. The largest absolute Gasteiger partial charge is 0.504 e. The van der Waals surface area contributed by atoms with Crippen molar-refractivity contribution in [3.05, 3.63) is 64.6 Å². The lowest BCUT2D eigenvalue weighted by atomic mass is 9.54. The zero-order valence-electron chi connectivity index (χ0n) is 19.8. The molecule has 0 amide bonds. The summed E-state index contributed by atoms with van der Waals surface area (Å²) in [7, 11) is 1.54. The molecule has 1 saturated heterocycles. The summed E-state index contributed by atoms with van der Waals surface area (Å²) in [6, 6.07) is 9.33. The number of hydrogen-bond acceptors (Lipinski definition) is 7. The normalized spacial score (nSPS) is 36.2. The number of Topliss-reactive ketones (excluding diaryl/α,β-unsaturated/α-hetero) is 1. The van der Waals surface area contributed by atoms with Gasteiger partial charge in [0.2, 0.25) is 5.78 Å². The summed E-state index contributed by atoms with van der Waals surface area (Å²) < 4.78 is 11.3. The molecule has 34 heavy (non-hydrogen) atoms. The first-order valence-electron chi connectivity index (χ1n) is 11.9. The maximum atomic E-state index is 13.7. The molecule has 0 bridgehead atoms. The smallest absolute Gasteiger partial charge is 0.340 e. The maximum Gasteiger partial charge on any atom is 0.340 e. The molecule has 1 aromatic rings. The molecule has 1 aromatic carbocycles. The average molecular weight is 466 g/mol. The summed E-state index contributed by atoms with van der Waals surface area (Å²) in [5.74, 6) is -1.61. The van der Waals surface area contributed by atoms with Gasteiger partial charge in [-0.2, -0.15) is 0 Å². The fourth-order valence-electron chi connectivity index (χ4n) is 6.59. The lowest BCUT2D eigenvalue weighted by Gasteiger charge is -2.52. The number of ether oxygens (including phenoxy) is 2. The Morgan fingerprint density at radius 1 is 1.21 bits per heavy atom.